The third-order valence-electron chi connectivity index (χ3n) is 4.25. The molecule has 1 heterocycles. The Kier molecular flexibility index (Phi) is 7.07. The van der Waals surface area contributed by atoms with E-state index in [9.17, 15) is 4.79 Å². The number of carbonyl (C=O) groups is 1. The van der Waals surface area contributed by atoms with E-state index >= 15 is 0 Å². The van der Waals surface area contributed by atoms with Gasteiger partial charge in [-0.05, 0) is 43.5 Å². The number of rotatable bonds is 9. The van der Waals surface area contributed by atoms with Crippen LogP contribution in [0.15, 0.2) is 43.5 Å². The van der Waals surface area contributed by atoms with Crippen LogP contribution in [0, 0.1) is 5.92 Å². The summed E-state index contributed by atoms with van der Waals surface area (Å²) in [5.41, 5.74) is 2.39. The number of benzene rings is 1. The van der Waals surface area contributed by atoms with Crippen molar-refractivity contribution >= 4 is 5.91 Å². The summed E-state index contributed by atoms with van der Waals surface area (Å²) < 4.78 is 5.71. The zero-order chi connectivity index (χ0) is 17.4. The van der Waals surface area contributed by atoms with Gasteiger partial charge < -0.3 is 10.1 Å². The van der Waals surface area contributed by atoms with Crippen LogP contribution in [0.3, 0.4) is 0 Å². The molecule has 1 atom stereocenters. The van der Waals surface area contributed by atoms with Crippen LogP contribution in [0.5, 0.6) is 5.75 Å². The molecule has 0 aliphatic carbocycles. The molecule has 0 bridgehead atoms. The zero-order valence-corrected chi connectivity index (χ0v) is 14.6. The Morgan fingerprint density at radius 3 is 2.96 bits per heavy atom. The lowest BCUT2D eigenvalue weighted by atomic mass is 10.1. The first-order valence-corrected chi connectivity index (χ1v) is 8.64. The molecule has 1 aromatic rings. The standard InChI is InChI=1S/C20H28N2O2/c1-4-7-17-13-16(8-9-19(17)24-12-5-2)14-22-11-10-18(15-22)20(23)21-6-3/h4-5,8-9,13,18H,1-2,6-7,10-12,14-15H2,3H3,(H,21,23)/t18-/m0/s1. The number of likely N-dealkylation sites (tertiary alicyclic amines) is 1. The minimum atomic E-state index is 0.118. The third-order valence-corrected chi connectivity index (χ3v) is 4.25. The molecule has 2 rings (SSSR count). The van der Waals surface area contributed by atoms with Crippen molar-refractivity contribution < 1.29 is 9.53 Å². The zero-order valence-electron chi connectivity index (χ0n) is 14.6. The van der Waals surface area contributed by atoms with Crippen molar-refractivity contribution in [3.05, 3.63) is 54.6 Å². The van der Waals surface area contributed by atoms with E-state index in [0.29, 0.717) is 13.2 Å². The van der Waals surface area contributed by atoms with Gasteiger partial charge in [-0.15, -0.1) is 6.58 Å². The molecule has 0 saturated carbocycles. The van der Waals surface area contributed by atoms with Gasteiger partial charge in [0.1, 0.15) is 12.4 Å². The van der Waals surface area contributed by atoms with Crippen molar-refractivity contribution in [3.8, 4) is 5.75 Å². The van der Waals surface area contributed by atoms with E-state index in [0.717, 1.165) is 43.8 Å². The summed E-state index contributed by atoms with van der Waals surface area (Å²) in [6, 6.07) is 6.30. The average Bonchev–Trinajstić information content (AvgIpc) is 3.03. The summed E-state index contributed by atoms with van der Waals surface area (Å²) in [6.07, 6.45) is 5.35. The first-order chi connectivity index (χ1) is 11.7. The highest BCUT2D eigenvalue weighted by atomic mass is 16.5. The van der Waals surface area contributed by atoms with Gasteiger partial charge in [0.2, 0.25) is 5.91 Å². The van der Waals surface area contributed by atoms with Gasteiger partial charge in [0.25, 0.3) is 0 Å². The van der Waals surface area contributed by atoms with Crippen molar-refractivity contribution in [1.29, 1.82) is 0 Å². The molecule has 4 nitrogen and oxygen atoms in total. The first-order valence-electron chi connectivity index (χ1n) is 8.64. The molecule has 1 saturated heterocycles. The molecule has 1 aliphatic heterocycles. The predicted octanol–water partition coefficient (Wildman–Crippen LogP) is 2.94. The third kappa shape index (κ3) is 4.96. The summed E-state index contributed by atoms with van der Waals surface area (Å²) >= 11 is 0. The highest BCUT2D eigenvalue weighted by molar-refractivity contribution is 5.79. The van der Waals surface area contributed by atoms with Gasteiger partial charge in [0.05, 0.1) is 5.92 Å². The molecule has 0 radical (unpaired) electrons. The normalized spacial score (nSPS) is 17.5. The van der Waals surface area contributed by atoms with Gasteiger partial charge >= 0.3 is 0 Å². The second kappa shape index (κ2) is 9.28. The van der Waals surface area contributed by atoms with E-state index in [1.807, 2.05) is 19.1 Å². The highest BCUT2D eigenvalue weighted by Gasteiger charge is 2.27. The molecule has 1 aromatic carbocycles. The number of carbonyl (C=O) groups excluding carboxylic acids is 1. The molecule has 130 valence electrons. The minimum absolute atomic E-state index is 0.118. The van der Waals surface area contributed by atoms with Gasteiger partial charge in [-0.25, -0.2) is 0 Å². The largest absolute Gasteiger partial charge is 0.489 e. The number of ether oxygens (including phenoxy) is 1. The van der Waals surface area contributed by atoms with Crippen LogP contribution in [0.1, 0.15) is 24.5 Å². The lowest BCUT2D eigenvalue weighted by Crippen LogP contribution is -2.32. The van der Waals surface area contributed by atoms with E-state index in [1.54, 1.807) is 6.08 Å². The smallest absolute Gasteiger partial charge is 0.224 e. The number of hydrogen-bond donors (Lipinski definition) is 1. The van der Waals surface area contributed by atoms with Crippen molar-refractivity contribution in [2.75, 3.05) is 26.2 Å². The molecule has 0 aromatic heterocycles. The Labute approximate surface area is 145 Å². The summed E-state index contributed by atoms with van der Waals surface area (Å²) in [5.74, 6) is 1.19. The molecule has 0 spiro atoms. The molecular weight excluding hydrogens is 300 g/mol. The second-order valence-electron chi connectivity index (χ2n) is 6.15. The monoisotopic (exact) mass is 328 g/mol. The van der Waals surface area contributed by atoms with Crippen LogP contribution in [0.2, 0.25) is 0 Å². The summed E-state index contributed by atoms with van der Waals surface area (Å²) in [5, 5.41) is 2.92. The summed E-state index contributed by atoms with van der Waals surface area (Å²) in [4.78, 5) is 14.3. The van der Waals surface area contributed by atoms with Crippen molar-refractivity contribution in [3.63, 3.8) is 0 Å². The minimum Gasteiger partial charge on any atom is -0.489 e. The van der Waals surface area contributed by atoms with E-state index in [1.165, 1.54) is 5.56 Å². The number of amides is 1. The van der Waals surface area contributed by atoms with Gasteiger partial charge in [-0.1, -0.05) is 30.9 Å². The SMILES string of the molecule is C=CCOc1ccc(CN2CC[C@H](C(=O)NCC)C2)cc1CC=C. The quantitative estimate of drug-likeness (QED) is 0.709. The van der Waals surface area contributed by atoms with Crippen molar-refractivity contribution in [2.24, 2.45) is 5.92 Å². The summed E-state index contributed by atoms with van der Waals surface area (Å²) in [6.45, 7) is 13.3. The maximum atomic E-state index is 12.0. The van der Waals surface area contributed by atoms with Gasteiger partial charge in [-0.2, -0.15) is 0 Å². The van der Waals surface area contributed by atoms with Gasteiger partial charge in [-0.3, -0.25) is 9.69 Å². The Bertz CT molecular complexity index is 583. The van der Waals surface area contributed by atoms with E-state index < -0.39 is 0 Å². The Hall–Kier alpha value is -2.07. The van der Waals surface area contributed by atoms with Gasteiger partial charge in [0.15, 0.2) is 0 Å². The lowest BCUT2D eigenvalue weighted by Gasteiger charge is -2.17. The van der Waals surface area contributed by atoms with Crippen LogP contribution in [-0.4, -0.2) is 37.0 Å². The first kappa shape index (κ1) is 18.3. The van der Waals surface area contributed by atoms with Crippen LogP contribution in [-0.2, 0) is 17.8 Å². The van der Waals surface area contributed by atoms with E-state index in [4.69, 9.17) is 4.74 Å². The number of nitrogens with one attached hydrogen (secondary N) is 1. The van der Waals surface area contributed by atoms with E-state index in [2.05, 4.69) is 35.5 Å². The molecule has 0 unspecified atom stereocenters. The average molecular weight is 328 g/mol. The lowest BCUT2D eigenvalue weighted by molar-refractivity contribution is -0.124. The maximum Gasteiger partial charge on any atom is 0.224 e. The maximum absolute atomic E-state index is 12.0. The number of allylic oxidation sites excluding steroid dienone is 1. The molecule has 1 amide bonds. The Morgan fingerprint density at radius 1 is 1.42 bits per heavy atom. The fourth-order valence-corrected chi connectivity index (χ4v) is 3.10. The number of hydrogen-bond acceptors (Lipinski definition) is 3. The molecule has 1 N–H and O–H groups in total. The van der Waals surface area contributed by atoms with Crippen molar-refractivity contribution in [1.82, 2.24) is 10.2 Å². The molecule has 4 heteroatoms. The van der Waals surface area contributed by atoms with Crippen LogP contribution in [0.4, 0.5) is 0 Å². The van der Waals surface area contributed by atoms with Crippen LogP contribution >= 0.6 is 0 Å². The van der Waals surface area contributed by atoms with Crippen LogP contribution < -0.4 is 10.1 Å². The Balaban J connectivity index is 1.99. The molecule has 24 heavy (non-hydrogen) atoms. The highest BCUT2D eigenvalue weighted by Crippen LogP contribution is 2.24. The fraction of sp³-hybridized carbons (Fsp3) is 0.450. The number of nitrogens with zero attached hydrogens (tertiary/aromatic N) is 1. The molecular formula is C20H28N2O2. The Morgan fingerprint density at radius 2 is 2.25 bits per heavy atom. The molecule has 1 aliphatic rings. The topological polar surface area (TPSA) is 41.6 Å². The fourth-order valence-electron chi connectivity index (χ4n) is 3.10. The summed E-state index contributed by atoms with van der Waals surface area (Å²) in [7, 11) is 0. The predicted molar refractivity (Wildman–Crippen MR) is 98.1 cm³/mol. The van der Waals surface area contributed by atoms with Gasteiger partial charge in [0, 0.05) is 19.6 Å². The molecule has 1 fully saturated rings. The van der Waals surface area contributed by atoms with E-state index in [-0.39, 0.29) is 11.8 Å². The van der Waals surface area contributed by atoms with Crippen molar-refractivity contribution in [2.45, 2.75) is 26.3 Å². The second-order valence-corrected chi connectivity index (χ2v) is 6.15. The van der Waals surface area contributed by atoms with Crippen LogP contribution in [0.25, 0.3) is 0 Å².